The first-order valence-electron chi connectivity index (χ1n) is 8.48. The average molecular weight is 355 g/mol. The van der Waals surface area contributed by atoms with Crippen molar-refractivity contribution in [2.75, 3.05) is 13.1 Å². The molecular weight excluding hydrogens is 334 g/mol. The van der Waals surface area contributed by atoms with E-state index in [4.69, 9.17) is 4.42 Å². The van der Waals surface area contributed by atoms with Crippen LogP contribution in [0.25, 0.3) is 10.8 Å². The molecule has 0 spiro atoms. The minimum absolute atomic E-state index is 0.242. The molecular formula is C19H21N3O2S. The molecule has 0 bridgehead atoms. The Labute approximate surface area is 151 Å². The van der Waals surface area contributed by atoms with Crippen LogP contribution in [0.2, 0.25) is 0 Å². The van der Waals surface area contributed by atoms with E-state index in [9.17, 15) is 5.11 Å². The lowest BCUT2D eigenvalue weighted by molar-refractivity contribution is 0.141. The number of rotatable bonds is 5. The summed E-state index contributed by atoms with van der Waals surface area (Å²) in [4.78, 5) is 12.0. The van der Waals surface area contributed by atoms with Crippen LogP contribution in [-0.4, -0.2) is 39.2 Å². The highest BCUT2D eigenvalue weighted by Crippen LogP contribution is 2.28. The van der Waals surface area contributed by atoms with Crippen LogP contribution in [0, 0.1) is 12.8 Å². The van der Waals surface area contributed by atoms with E-state index in [1.165, 1.54) is 5.56 Å². The third kappa shape index (κ3) is 3.66. The van der Waals surface area contributed by atoms with Crippen molar-refractivity contribution >= 4 is 11.3 Å². The Hall–Kier alpha value is -2.02. The maximum absolute atomic E-state index is 10.4. The van der Waals surface area contributed by atoms with E-state index in [2.05, 4.69) is 14.9 Å². The van der Waals surface area contributed by atoms with Crippen LogP contribution in [0.4, 0.5) is 0 Å². The lowest BCUT2D eigenvalue weighted by Gasteiger charge is -2.14. The highest BCUT2D eigenvalue weighted by atomic mass is 32.1. The van der Waals surface area contributed by atoms with E-state index >= 15 is 0 Å². The minimum Gasteiger partial charge on any atom is -0.440 e. The molecule has 1 fully saturated rings. The third-order valence-corrected chi connectivity index (χ3v) is 5.59. The molecule has 2 atom stereocenters. The van der Waals surface area contributed by atoms with Gasteiger partial charge in [0, 0.05) is 37.9 Å². The van der Waals surface area contributed by atoms with E-state index in [1.807, 2.05) is 36.6 Å². The van der Waals surface area contributed by atoms with Crippen LogP contribution in [0.15, 0.2) is 46.5 Å². The Kier molecular flexibility index (Phi) is 4.65. The molecule has 3 aromatic heterocycles. The van der Waals surface area contributed by atoms with Gasteiger partial charge in [0.25, 0.3) is 0 Å². The Bertz CT molecular complexity index is 817. The summed E-state index contributed by atoms with van der Waals surface area (Å²) < 4.78 is 5.82. The van der Waals surface area contributed by atoms with Gasteiger partial charge in [-0.25, -0.2) is 4.98 Å². The number of aliphatic hydroxyl groups is 1. The zero-order chi connectivity index (χ0) is 17.2. The Morgan fingerprint density at radius 2 is 2.12 bits per heavy atom. The molecule has 0 amide bonds. The summed E-state index contributed by atoms with van der Waals surface area (Å²) in [6.07, 6.45) is 4.17. The fraction of sp³-hybridized carbons (Fsp3) is 0.368. The molecule has 3 aromatic rings. The summed E-state index contributed by atoms with van der Waals surface area (Å²) in [7, 11) is 0. The Morgan fingerprint density at radius 3 is 2.88 bits per heavy atom. The van der Waals surface area contributed by atoms with E-state index in [-0.39, 0.29) is 12.0 Å². The van der Waals surface area contributed by atoms with Gasteiger partial charge in [-0.3, -0.25) is 9.88 Å². The molecule has 0 radical (unpaired) electrons. The van der Waals surface area contributed by atoms with E-state index in [0.717, 1.165) is 29.3 Å². The van der Waals surface area contributed by atoms with Gasteiger partial charge in [-0.2, -0.15) is 0 Å². The fourth-order valence-electron chi connectivity index (χ4n) is 3.38. The van der Waals surface area contributed by atoms with Crippen molar-refractivity contribution in [1.29, 1.82) is 0 Å². The van der Waals surface area contributed by atoms with E-state index in [1.54, 1.807) is 23.7 Å². The number of β-amino-alcohol motifs (C(OH)–C–C–N with tert-alkyl or cyclic N) is 1. The van der Waals surface area contributed by atoms with Gasteiger partial charge < -0.3 is 9.52 Å². The van der Waals surface area contributed by atoms with Gasteiger partial charge in [0.1, 0.15) is 5.76 Å². The van der Waals surface area contributed by atoms with E-state index in [0.29, 0.717) is 19.0 Å². The predicted molar refractivity (Wildman–Crippen MR) is 97.3 cm³/mol. The highest BCUT2D eigenvalue weighted by molar-refractivity contribution is 7.13. The fourth-order valence-corrected chi connectivity index (χ4v) is 4.03. The van der Waals surface area contributed by atoms with Gasteiger partial charge in [0.2, 0.25) is 5.89 Å². The number of aryl methyl sites for hydroxylation is 1. The van der Waals surface area contributed by atoms with Crippen molar-refractivity contribution in [2.45, 2.75) is 26.0 Å². The third-order valence-electron chi connectivity index (χ3n) is 4.73. The number of nitrogens with zero attached hydrogens (tertiary/aromatic N) is 3. The summed E-state index contributed by atoms with van der Waals surface area (Å²) in [5.74, 6) is 1.79. The number of likely N-dealkylation sites (tertiary alicyclic amines) is 1. The van der Waals surface area contributed by atoms with Gasteiger partial charge in [0.05, 0.1) is 16.7 Å². The molecule has 130 valence electrons. The summed E-state index contributed by atoms with van der Waals surface area (Å²) in [6, 6.07) is 8.05. The number of pyridine rings is 1. The zero-order valence-corrected chi connectivity index (χ0v) is 14.9. The number of aromatic nitrogens is 2. The summed E-state index contributed by atoms with van der Waals surface area (Å²) in [6.45, 7) is 4.21. The normalized spacial score (nSPS) is 21.0. The molecule has 0 saturated carbocycles. The average Bonchev–Trinajstić information content (AvgIpc) is 3.32. The van der Waals surface area contributed by atoms with Gasteiger partial charge in [-0.15, -0.1) is 11.3 Å². The van der Waals surface area contributed by atoms with Gasteiger partial charge in [-0.05, 0) is 42.5 Å². The molecule has 1 aliphatic rings. The molecule has 0 aromatic carbocycles. The summed E-state index contributed by atoms with van der Waals surface area (Å²) in [5.41, 5.74) is 2.18. The van der Waals surface area contributed by atoms with Gasteiger partial charge in [-0.1, -0.05) is 6.07 Å². The minimum atomic E-state index is -0.308. The molecule has 5 nitrogen and oxygen atoms in total. The first-order valence-corrected chi connectivity index (χ1v) is 9.36. The maximum Gasteiger partial charge on any atom is 0.236 e. The van der Waals surface area contributed by atoms with Crippen LogP contribution < -0.4 is 0 Å². The molecule has 6 heteroatoms. The van der Waals surface area contributed by atoms with Crippen molar-refractivity contribution in [3.63, 3.8) is 0 Å². The standard InChI is InChI=1S/C19H21N3O2S/c1-13-16(21-19(24-13)18-3-2-8-25-18)11-22-10-15(17(23)12-22)9-14-4-6-20-7-5-14/h2-8,15,17,23H,9-12H2,1H3/t15-,17-/m1/s1. The topological polar surface area (TPSA) is 62.4 Å². The van der Waals surface area contributed by atoms with Crippen molar-refractivity contribution in [2.24, 2.45) is 5.92 Å². The van der Waals surface area contributed by atoms with Crippen molar-refractivity contribution in [3.8, 4) is 10.8 Å². The molecule has 0 unspecified atom stereocenters. The number of aliphatic hydroxyl groups excluding tert-OH is 1. The second kappa shape index (κ2) is 7.07. The molecule has 1 aliphatic heterocycles. The SMILES string of the molecule is Cc1oc(-c2cccs2)nc1CN1C[C@@H](Cc2ccncc2)[C@H](O)C1. The molecule has 1 saturated heterocycles. The number of thiophene rings is 1. The zero-order valence-electron chi connectivity index (χ0n) is 14.1. The summed E-state index contributed by atoms with van der Waals surface area (Å²) in [5, 5.41) is 12.4. The monoisotopic (exact) mass is 355 g/mol. The second-order valence-corrected chi connectivity index (χ2v) is 7.53. The van der Waals surface area contributed by atoms with Crippen molar-refractivity contribution in [3.05, 3.63) is 59.1 Å². The molecule has 1 N–H and O–H groups in total. The quantitative estimate of drug-likeness (QED) is 0.762. The number of hydrogen-bond acceptors (Lipinski definition) is 6. The largest absolute Gasteiger partial charge is 0.440 e. The smallest absolute Gasteiger partial charge is 0.236 e. The molecule has 0 aliphatic carbocycles. The van der Waals surface area contributed by atoms with Crippen molar-refractivity contribution < 1.29 is 9.52 Å². The second-order valence-electron chi connectivity index (χ2n) is 6.58. The van der Waals surface area contributed by atoms with Crippen LogP contribution in [0.5, 0.6) is 0 Å². The Morgan fingerprint density at radius 1 is 1.28 bits per heavy atom. The van der Waals surface area contributed by atoms with Gasteiger partial charge in [0.15, 0.2) is 0 Å². The van der Waals surface area contributed by atoms with Crippen LogP contribution in [-0.2, 0) is 13.0 Å². The Balaban J connectivity index is 1.42. The first-order chi connectivity index (χ1) is 12.2. The molecule has 4 rings (SSSR count). The molecule has 25 heavy (non-hydrogen) atoms. The lowest BCUT2D eigenvalue weighted by Crippen LogP contribution is -2.22. The van der Waals surface area contributed by atoms with Crippen LogP contribution >= 0.6 is 11.3 Å². The maximum atomic E-state index is 10.4. The molecule has 4 heterocycles. The first kappa shape index (κ1) is 16.4. The number of oxazole rings is 1. The predicted octanol–water partition coefficient (Wildman–Crippen LogP) is 3.14. The highest BCUT2D eigenvalue weighted by Gasteiger charge is 2.32. The number of hydrogen-bond donors (Lipinski definition) is 1. The summed E-state index contributed by atoms with van der Waals surface area (Å²) >= 11 is 1.63. The van der Waals surface area contributed by atoms with Crippen LogP contribution in [0.1, 0.15) is 17.0 Å². The van der Waals surface area contributed by atoms with Crippen molar-refractivity contribution in [1.82, 2.24) is 14.9 Å². The van der Waals surface area contributed by atoms with E-state index < -0.39 is 0 Å². The van der Waals surface area contributed by atoms with Gasteiger partial charge >= 0.3 is 0 Å². The van der Waals surface area contributed by atoms with Crippen LogP contribution in [0.3, 0.4) is 0 Å². The lowest BCUT2D eigenvalue weighted by atomic mass is 9.97.